The smallest absolute Gasteiger partial charge is 0.171 e. The average molecular weight is 595 g/mol. The summed E-state index contributed by atoms with van der Waals surface area (Å²) in [5.41, 5.74) is 6.32. The van der Waals surface area contributed by atoms with Crippen molar-refractivity contribution in [3.05, 3.63) is 164 Å². The van der Waals surface area contributed by atoms with Crippen molar-refractivity contribution in [1.29, 1.82) is 0 Å². The number of aromatic nitrogens is 2. The highest BCUT2D eigenvalue weighted by atomic mass is 31.2. The number of pyridine rings is 1. The first kappa shape index (κ1) is 25.9. The minimum Gasteiger partial charge on any atom is -0.309 e. The monoisotopic (exact) mass is 594 g/mol. The Kier molecular flexibility index (Phi) is 5.78. The Bertz CT molecular complexity index is 2560. The Morgan fingerprint density at radius 3 is 1.82 bits per heavy atom. The maximum atomic E-state index is 14.9. The van der Waals surface area contributed by atoms with E-state index in [9.17, 15) is 4.57 Å². The summed E-state index contributed by atoms with van der Waals surface area (Å²) in [6.45, 7) is 0. The molecule has 0 saturated carbocycles. The molecule has 0 fully saturated rings. The number of benzene rings is 7. The van der Waals surface area contributed by atoms with E-state index in [1.54, 1.807) is 0 Å². The number of hydrogen-bond acceptors (Lipinski definition) is 2. The van der Waals surface area contributed by atoms with E-state index < -0.39 is 7.14 Å². The Balaban J connectivity index is 1.26. The van der Waals surface area contributed by atoms with Gasteiger partial charge in [0.15, 0.2) is 7.14 Å². The van der Waals surface area contributed by atoms with Crippen LogP contribution < -0.4 is 15.9 Å². The lowest BCUT2D eigenvalue weighted by Gasteiger charge is -2.20. The molecule has 0 unspecified atom stereocenters. The molecule has 0 saturated heterocycles. The van der Waals surface area contributed by atoms with E-state index >= 15 is 0 Å². The second-order valence-corrected chi connectivity index (χ2v) is 14.3. The van der Waals surface area contributed by atoms with Crippen LogP contribution in [0.4, 0.5) is 0 Å². The quantitative estimate of drug-likeness (QED) is 0.150. The van der Waals surface area contributed by atoms with Crippen molar-refractivity contribution in [2.75, 3.05) is 0 Å². The van der Waals surface area contributed by atoms with Crippen molar-refractivity contribution < 1.29 is 4.57 Å². The average Bonchev–Trinajstić information content (AvgIpc) is 3.51. The Morgan fingerprint density at radius 1 is 0.467 bits per heavy atom. The van der Waals surface area contributed by atoms with Crippen molar-refractivity contribution >= 4 is 72.2 Å². The Hall–Kier alpha value is -5.50. The molecule has 0 bridgehead atoms. The zero-order valence-corrected chi connectivity index (χ0v) is 25.2. The van der Waals surface area contributed by atoms with Gasteiger partial charge in [0.25, 0.3) is 0 Å². The maximum Gasteiger partial charge on any atom is 0.171 e. The van der Waals surface area contributed by atoms with E-state index in [0.717, 1.165) is 49.2 Å². The second kappa shape index (κ2) is 10.0. The van der Waals surface area contributed by atoms with E-state index in [4.69, 9.17) is 4.98 Å². The van der Waals surface area contributed by atoms with Crippen LogP contribution in [0, 0.1) is 0 Å². The molecule has 0 amide bonds. The van der Waals surface area contributed by atoms with E-state index in [1.807, 2.05) is 78.9 Å². The molecule has 0 aliphatic carbocycles. The van der Waals surface area contributed by atoms with E-state index in [-0.39, 0.29) is 0 Å². The summed E-state index contributed by atoms with van der Waals surface area (Å²) in [5.74, 6) is 0. The number of hydrogen-bond donors (Lipinski definition) is 0. The third kappa shape index (κ3) is 3.91. The largest absolute Gasteiger partial charge is 0.309 e. The van der Waals surface area contributed by atoms with Crippen molar-refractivity contribution in [1.82, 2.24) is 9.38 Å². The summed E-state index contributed by atoms with van der Waals surface area (Å²) >= 11 is 0. The van der Waals surface area contributed by atoms with Crippen molar-refractivity contribution in [3.8, 4) is 11.1 Å². The molecule has 0 spiro atoms. The molecule has 0 aliphatic heterocycles. The van der Waals surface area contributed by atoms with Crippen LogP contribution in [0.15, 0.2) is 164 Å². The Morgan fingerprint density at radius 2 is 1.07 bits per heavy atom. The van der Waals surface area contributed by atoms with Gasteiger partial charge in [0, 0.05) is 26.7 Å². The van der Waals surface area contributed by atoms with Crippen LogP contribution in [0.2, 0.25) is 0 Å². The molecular weight excluding hydrogens is 567 g/mol. The molecule has 0 radical (unpaired) electrons. The first-order valence-corrected chi connectivity index (χ1v) is 16.9. The minimum atomic E-state index is -3.04. The predicted molar refractivity (Wildman–Crippen MR) is 190 cm³/mol. The van der Waals surface area contributed by atoms with Crippen LogP contribution in [0.5, 0.6) is 0 Å². The third-order valence-electron chi connectivity index (χ3n) is 9.05. The van der Waals surface area contributed by atoms with Crippen molar-refractivity contribution in [2.24, 2.45) is 0 Å². The topological polar surface area (TPSA) is 34.4 Å². The van der Waals surface area contributed by atoms with Gasteiger partial charge in [-0.05, 0) is 45.5 Å². The molecule has 0 aliphatic rings. The third-order valence-corrected chi connectivity index (χ3v) is 12.1. The van der Waals surface area contributed by atoms with Gasteiger partial charge in [-0.3, -0.25) is 4.40 Å². The van der Waals surface area contributed by atoms with E-state index in [0.29, 0.717) is 0 Å². The van der Waals surface area contributed by atoms with Gasteiger partial charge in [-0.15, -0.1) is 0 Å². The van der Waals surface area contributed by atoms with Crippen molar-refractivity contribution in [3.63, 3.8) is 0 Å². The summed E-state index contributed by atoms with van der Waals surface area (Å²) < 4.78 is 17.2. The number of nitrogens with zero attached hydrogens (tertiary/aromatic N) is 2. The van der Waals surface area contributed by atoms with Gasteiger partial charge in [0.05, 0.1) is 16.6 Å². The van der Waals surface area contributed by atoms with Gasteiger partial charge in [-0.1, -0.05) is 146 Å². The first-order valence-electron chi connectivity index (χ1n) is 15.2. The zero-order chi connectivity index (χ0) is 30.0. The van der Waals surface area contributed by atoms with Crippen LogP contribution in [0.25, 0.3) is 60.3 Å². The van der Waals surface area contributed by atoms with Crippen LogP contribution in [0.3, 0.4) is 0 Å². The molecule has 9 rings (SSSR count). The normalized spacial score (nSPS) is 12.1. The molecule has 0 atom stereocenters. The lowest BCUT2D eigenvalue weighted by Crippen LogP contribution is -2.24. The molecule has 0 N–H and O–H groups in total. The molecule has 7 aromatic carbocycles. The summed E-state index contributed by atoms with van der Waals surface area (Å²) in [6.07, 6.45) is 0. The number of fused-ring (bicyclic) bond motifs is 10. The number of para-hydroxylation sites is 2. The highest BCUT2D eigenvalue weighted by molar-refractivity contribution is 7.85. The lowest BCUT2D eigenvalue weighted by atomic mass is 9.97. The van der Waals surface area contributed by atoms with E-state index in [1.165, 1.54) is 26.9 Å². The van der Waals surface area contributed by atoms with Crippen LogP contribution >= 0.6 is 7.14 Å². The van der Waals surface area contributed by atoms with E-state index in [2.05, 4.69) is 89.3 Å². The fourth-order valence-electron chi connectivity index (χ4n) is 6.89. The molecule has 212 valence electrons. The van der Waals surface area contributed by atoms with Crippen LogP contribution in [-0.2, 0) is 4.57 Å². The van der Waals surface area contributed by atoms with Gasteiger partial charge < -0.3 is 4.57 Å². The number of imidazole rings is 1. The molecule has 45 heavy (non-hydrogen) atoms. The fourth-order valence-corrected chi connectivity index (χ4v) is 9.53. The van der Waals surface area contributed by atoms with Gasteiger partial charge in [0.2, 0.25) is 0 Å². The molecule has 9 aromatic rings. The summed E-state index contributed by atoms with van der Waals surface area (Å²) in [7, 11) is -3.04. The molecule has 3 nitrogen and oxygen atoms in total. The summed E-state index contributed by atoms with van der Waals surface area (Å²) in [4.78, 5) is 5.17. The molecule has 4 heteroatoms. The molecule has 2 aromatic heterocycles. The lowest BCUT2D eigenvalue weighted by molar-refractivity contribution is 0.592. The SMILES string of the molecule is O=P(c1ccccc1)(c1ccccc1)c1ccc(-c2ccc3c4ccc5ccccc5c4c4nc5ccccc5n4c3c2)cc1. The predicted octanol–water partition coefficient (Wildman–Crippen LogP) is 9.25. The second-order valence-electron chi connectivity index (χ2n) is 11.5. The molecular formula is C41H27N2OP. The number of rotatable bonds is 4. The highest BCUT2D eigenvalue weighted by Crippen LogP contribution is 2.43. The van der Waals surface area contributed by atoms with Gasteiger partial charge in [0.1, 0.15) is 5.65 Å². The summed E-state index contributed by atoms with van der Waals surface area (Å²) in [6, 6.07) is 56.0. The van der Waals surface area contributed by atoms with Gasteiger partial charge >= 0.3 is 0 Å². The van der Waals surface area contributed by atoms with Crippen molar-refractivity contribution in [2.45, 2.75) is 0 Å². The van der Waals surface area contributed by atoms with Crippen LogP contribution in [0.1, 0.15) is 0 Å². The Labute approximate surface area is 260 Å². The standard InChI is InChI=1S/C41H27N2OP/c44-45(31-12-3-1-4-13-31,32-14-5-2-6-15-32)33-23-19-28(20-24-33)30-22-25-35-36-26-21-29-11-7-8-16-34(29)40(36)41-42-37-17-9-10-18-38(37)43(41)39(35)27-30/h1-27H. The zero-order valence-electron chi connectivity index (χ0n) is 24.3. The van der Waals surface area contributed by atoms with Gasteiger partial charge in [-0.2, -0.15) is 0 Å². The first-order chi connectivity index (χ1) is 22.2. The highest BCUT2D eigenvalue weighted by Gasteiger charge is 2.29. The van der Waals surface area contributed by atoms with Gasteiger partial charge in [-0.25, -0.2) is 4.98 Å². The minimum absolute atomic E-state index is 0.824. The molecule has 2 heterocycles. The summed E-state index contributed by atoms with van der Waals surface area (Å²) in [5, 5.41) is 8.46. The fraction of sp³-hybridized carbons (Fsp3) is 0. The maximum absolute atomic E-state index is 14.9. The van der Waals surface area contributed by atoms with Crippen LogP contribution in [-0.4, -0.2) is 9.38 Å².